The van der Waals surface area contributed by atoms with Gasteiger partial charge in [0.2, 0.25) is 0 Å². The van der Waals surface area contributed by atoms with Gasteiger partial charge < -0.3 is 15.8 Å². The van der Waals surface area contributed by atoms with Gasteiger partial charge in [0.25, 0.3) is 0 Å². The lowest BCUT2D eigenvalue weighted by atomic mass is 9.84. The summed E-state index contributed by atoms with van der Waals surface area (Å²) in [5, 5.41) is 3.37. The third-order valence-electron chi connectivity index (χ3n) is 3.48. The van der Waals surface area contributed by atoms with E-state index in [1.165, 1.54) is 11.1 Å². The molecule has 0 aliphatic carbocycles. The summed E-state index contributed by atoms with van der Waals surface area (Å²) in [7, 11) is 3.73. The summed E-state index contributed by atoms with van der Waals surface area (Å²) in [6, 6.07) is 6.83. The first-order valence-electron chi connectivity index (χ1n) is 6.99. The Morgan fingerprint density at radius 1 is 1.32 bits per heavy atom. The monoisotopic (exact) mass is 264 g/mol. The van der Waals surface area contributed by atoms with Crippen molar-refractivity contribution in [1.82, 2.24) is 5.32 Å². The molecule has 0 radical (unpaired) electrons. The van der Waals surface area contributed by atoms with Crippen LogP contribution >= 0.6 is 0 Å². The number of nitrogens with one attached hydrogen (secondary N) is 1. The minimum absolute atomic E-state index is 0.0769. The van der Waals surface area contributed by atoms with Crippen LogP contribution in [0.3, 0.4) is 0 Å². The van der Waals surface area contributed by atoms with Crippen LogP contribution in [0.5, 0.6) is 5.75 Å². The van der Waals surface area contributed by atoms with Crippen LogP contribution in [0.1, 0.15) is 50.8 Å². The van der Waals surface area contributed by atoms with E-state index in [4.69, 9.17) is 10.5 Å². The van der Waals surface area contributed by atoms with Crippen LogP contribution in [0.4, 0.5) is 0 Å². The van der Waals surface area contributed by atoms with Crippen molar-refractivity contribution in [3.63, 3.8) is 0 Å². The highest BCUT2D eigenvalue weighted by Gasteiger charge is 2.20. The summed E-state index contributed by atoms with van der Waals surface area (Å²) in [5.74, 6) is 0.963. The molecular formula is C16H28N2O. The molecule has 3 N–H and O–H groups in total. The average Bonchev–Trinajstić information content (AvgIpc) is 2.38. The maximum atomic E-state index is 5.61. The van der Waals surface area contributed by atoms with E-state index in [2.05, 4.69) is 44.3 Å². The average molecular weight is 264 g/mol. The standard InChI is InChI=1S/C16H28N2O/c1-16(2,3)13-11-12(8-9-15(13)19-5)14(18-4)7-6-10-17/h8-9,11,14,18H,6-7,10,17H2,1-5H3. The lowest BCUT2D eigenvalue weighted by Gasteiger charge is -2.25. The molecule has 1 unspecified atom stereocenters. The molecule has 1 aromatic rings. The SMILES string of the molecule is CNC(CCCN)c1ccc(OC)c(C(C)(C)C)c1. The number of ether oxygens (including phenoxy) is 1. The van der Waals surface area contributed by atoms with Crippen molar-refractivity contribution in [2.75, 3.05) is 20.7 Å². The maximum absolute atomic E-state index is 5.61. The van der Waals surface area contributed by atoms with Crippen LogP contribution in [-0.2, 0) is 5.41 Å². The molecule has 19 heavy (non-hydrogen) atoms. The number of hydrogen-bond donors (Lipinski definition) is 2. The van der Waals surface area contributed by atoms with Gasteiger partial charge in [-0.25, -0.2) is 0 Å². The Morgan fingerprint density at radius 3 is 2.47 bits per heavy atom. The van der Waals surface area contributed by atoms with Crippen LogP contribution in [0, 0.1) is 0 Å². The minimum Gasteiger partial charge on any atom is -0.496 e. The zero-order valence-corrected chi connectivity index (χ0v) is 12.9. The van der Waals surface area contributed by atoms with Gasteiger partial charge >= 0.3 is 0 Å². The van der Waals surface area contributed by atoms with E-state index in [-0.39, 0.29) is 5.41 Å². The highest BCUT2D eigenvalue weighted by atomic mass is 16.5. The summed E-state index contributed by atoms with van der Waals surface area (Å²) in [4.78, 5) is 0. The topological polar surface area (TPSA) is 47.3 Å². The van der Waals surface area contributed by atoms with E-state index in [1.54, 1.807) is 7.11 Å². The summed E-state index contributed by atoms with van der Waals surface area (Å²) < 4.78 is 5.48. The maximum Gasteiger partial charge on any atom is 0.122 e. The van der Waals surface area contributed by atoms with Crippen LogP contribution in [0.2, 0.25) is 0 Å². The minimum atomic E-state index is 0.0769. The Kier molecular flexibility index (Phi) is 5.83. The molecule has 0 saturated carbocycles. The van der Waals surface area contributed by atoms with Gasteiger partial charge in [0.15, 0.2) is 0 Å². The van der Waals surface area contributed by atoms with Crippen molar-refractivity contribution >= 4 is 0 Å². The smallest absolute Gasteiger partial charge is 0.122 e. The Bertz CT molecular complexity index is 396. The third-order valence-corrected chi connectivity index (χ3v) is 3.48. The van der Waals surface area contributed by atoms with Crippen molar-refractivity contribution in [3.05, 3.63) is 29.3 Å². The third kappa shape index (κ3) is 4.22. The Morgan fingerprint density at radius 2 is 2.00 bits per heavy atom. The van der Waals surface area contributed by atoms with E-state index in [0.29, 0.717) is 6.04 Å². The number of hydrogen-bond acceptors (Lipinski definition) is 3. The first-order valence-corrected chi connectivity index (χ1v) is 6.99. The molecule has 1 atom stereocenters. The van der Waals surface area contributed by atoms with Gasteiger partial charge in [-0.05, 0) is 49.0 Å². The first kappa shape index (κ1) is 16.0. The van der Waals surface area contributed by atoms with Gasteiger partial charge in [-0.15, -0.1) is 0 Å². The van der Waals surface area contributed by atoms with Crippen LogP contribution in [0.25, 0.3) is 0 Å². The molecule has 0 aliphatic heterocycles. The van der Waals surface area contributed by atoms with E-state index in [9.17, 15) is 0 Å². The van der Waals surface area contributed by atoms with Crippen LogP contribution in [0.15, 0.2) is 18.2 Å². The van der Waals surface area contributed by atoms with Crippen molar-refractivity contribution < 1.29 is 4.74 Å². The summed E-state index contributed by atoms with van der Waals surface area (Å²) in [5.41, 5.74) is 8.24. The second kappa shape index (κ2) is 6.92. The fraction of sp³-hybridized carbons (Fsp3) is 0.625. The largest absolute Gasteiger partial charge is 0.496 e. The number of rotatable bonds is 6. The van der Waals surface area contributed by atoms with Gasteiger partial charge in [0.1, 0.15) is 5.75 Å². The van der Waals surface area contributed by atoms with Crippen molar-refractivity contribution in [2.24, 2.45) is 5.73 Å². The van der Waals surface area contributed by atoms with Gasteiger partial charge in [-0.2, -0.15) is 0 Å². The van der Waals surface area contributed by atoms with E-state index in [1.807, 2.05) is 7.05 Å². The molecule has 1 aromatic carbocycles. The summed E-state index contributed by atoms with van der Waals surface area (Å²) in [6.07, 6.45) is 2.09. The molecule has 0 spiro atoms. The predicted molar refractivity (Wildman–Crippen MR) is 81.8 cm³/mol. The quantitative estimate of drug-likeness (QED) is 0.830. The molecule has 3 heteroatoms. The van der Waals surface area contributed by atoms with Crippen molar-refractivity contribution in [3.8, 4) is 5.75 Å². The van der Waals surface area contributed by atoms with Crippen LogP contribution in [-0.4, -0.2) is 20.7 Å². The lowest BCUT2D eigenvalue weighted by molar-refractivity contribution is 0.396. The summed E-state index contributed by atoms with van der Waals surface area (Å²) >= 11 is 0. The van der Waals surface area contributed by atoms with Gasteiger partial charge in [-0.1, -0.05) is 32.9 Å². The Balaban J connectivity index is 3.09. The molecule has 0 saturated heterocycles. The molecule has 108 valence electrons. The molecule has 0 heterocycles. The fourth-order valence-corrected chi connectivity index (χ4v) is 2.33. The van der Waals surface area contributed by atoms with Gasteiger partial charge in [0, 0.05) is 6.04 Å². The summed E-state index contributed by atoms with van der Waals surface area (Å²) in [6.45, 7) is 7.37. The molecule has 0 aliphatic rings. The van der Waals surface area contributed by atoms with E-state index >= 15 is 0 Å². The number of methoxy groups -OCH3 is 1. The van der Waals surface area contributed by atoms with Crippen molar-refractivity contribution in [2.45, 2.75) is 45.1 Å². The highest BCUT2D eigenvalue weighted by Crippen LogP contribution is 2.34. The normalized spacial score (nSPS) is 13.4. The zero-order chi connectivity index (χ0) is 14.5. The molecule has 1 rings (SSSR count). The number of benzene rings is 1. The molecular weight excluding hydrogens is 236 g/mol. The van der Waals surface area contributed by atoms with Gasteiger partial charge in [-0.3, -0.25) is 0 Å². The second-order valence-corrected chi connectivity index (χ2v) is 5.98. The predicted octanol–water partition coefficient (Wildman–Crippen LogP) is 2.99. The highest BCUT2D eigenvalue weighted by molar-refractivity contribution is 5.42. The molecule has 0 aromatic heterocycles. The first-order chi connectivity index (χ1) is 8.93. The zero-order valence-electron chi connectivity index (χ0n) is 12.9. The molecule has 0 bridgehead atoms. The molecule has 0 amide bonds. The Labute approximate surface area is 117 Å². The fourth-order valence-electron chi connectivity index (χ4n) is 2.33. The van der Waals surface area contributed by atoms with E-state index < -0.39 is 0 Å². The Hall–Kier alpha value is -1.06. The van der Waals surface area contributed by atoms with Crippen LogP contribution < -0.4 is 15.8 Å². The molecule has 3 nitrogen and oxygen atoms in total. The molecule has 0 fully saturated rings. The number of nitrogens with two attached hydrogens (primary N) is 1. The van der Waals surface area contributed by atoms with Crippen molar-refractivity contribution in [1.29, 1.82) is 0 Å². The van der Waals surface area contributed by atoms with Gasteiger partial charge in [0.05, 0.1) is 7.11 Å². The van der Waals surface area contributed by atoms with E-state index in [0.717, 1.165) is 25.1 Å². The lowest BCUT2D eigenvalue weighted by Crippen LogP contribution is -2.19. The second-order valence-electron chi connectivity index (χ2n) is 5.98.